The molecule has 1 unspecified atom stereocenters. The lowest BCUT2D eigenvalue weighted by molar-refractivity contribution is 0.0736. The fourth-order valence-electron chi connectivity index (χ4n) is 2.37. The molecule has 0 bridgehead atoms. The zero-order chi connectivity index (χ0) is 13.1. The van der Waals surface area contributed by atoms with Crippen molar-refractivity contribution in [2.24, 2.45) is 0 Å². The lowest BCUT2D eigenvalue weighted by Crippen LogP contribution is -2.41. The van der Waals surface area contributed by atoms with Gasteiger partial charge in [-0.2, -0.15) is 0 Å². The van der Waals surface area contributed by atoms with Crippen LogP contribution in [0.3, 0.4) is 0 Å². The minimum absolute atomic E-state index is 0.137. The number of benzene rings is 1. The first-order valence-corrected chi connectivity index (χ1v) is 7.91. The van der Waals surface area contributed by atoms with Gasteiger partial charge in [0.05, 0.1) is 5.56 Å². The Balaban J connectivity index is 2.22. The highest BCUT2D eigenvalue weighted by Crippen LogP contribution is 2.25. The Kier molecular flexibility index (Phi) is 5.03. The Morgan fingerprint density at radius 3 is 3.11 bits per heavy atom. The maximum atomic E-state index is 12.6. The summed E-state index contributed by atoms with van der Waals surface area (Å²) in [6.07, 6.45) is 2.19. The number of halogens is 2. The molecule has 1 fully saturated rings. The molecular formula is C13H16BrIN2O. The van der Waals surface area contributed by atoms with Crippen LogP contribution in [0.15, 0.2) is 22.7 Å². The van der Waals surface area contributed by atoms with E-state index < -0.39 is 0 Å². The smallest absolute Gasteiger partial charge is 0.255 e. The molecule has 0 saturated carbocycles. The first-order valence-electron chi connectivity index (χ1n) is 6.04. The van der Waals surface area contributed by atoms with Crippen molar-refractivity contribution in [3.63, 3.8) is 0 Å². The predicted octanol–water partition coefficient (Wildman–Crippen LogP) is 2.88. The van der Waals surface area contributed by atoms with Crippen molar-refractivity contribution in [1.29, 1.82) is 0 Å². The van der Waals surface area contributed by atoms with Gasteiger partial charge in [0, 0.05) is 27.2 Å². The van der Waals surface area contributed by atoms with Gasteiger partial charge in [-0.3, -0.25) is 4.79 Å². The predicted molar refractivity (Wildman–Crippen MR) is 84.8 cm³/mol. The highest BCUT2D eigenvalue weighted by Gasteiger charge is 2.29. The van der Waals surface area contributed by atoms with Gasteiger partial charge < -0.3 is 10.2 Å². The Morgan fingerprint density at radius 2 is 2.39 bits per heavy atom. The second-order valence-electron chi connectivity index (χ2n) is 4.48. The molecule has 1 heterocycles. The normalized spacial score (nSPS) is 19.3. The molecule has 1 N–H and O–H groups in total. The van der Waals surface area contributed by atoms with Crippen molar-refractivity contribution in [2.75, 3.05) is 20.1 Å². The molecule has 18 heavy (non-hydrogen) atoms. The lowest BCUT2D eigenvalue weighted by Gasteiger charge is -2.25. The summed E-state index contributed by atoms with van der Waals surface area (Å²) in [6.45, 7) is 1.73. The molecule has 1 aliphatic rings. The van der Waals surface area contributed by atoms with Crippen LogP contribution in [0.25, 0.3) is 0 Å². The standard InChI is InChI=1S/C13H16BrIN2O/c1-16-8-10-3-2-6-17(10)13(18)11-7-9(15)4-5-12(11)14/h4-5,7,10,16H,2-3,6,8H2,1H3. The quantitative estimate of drug-likeness (QED) is 0.759. The number of likely N-dealkylation sites (N-methyl/N-ethyl adjacent to an activating group) is 1. The molecule has 98 valence electrons. The Bertz CT molecular complexity index is 453. The number of hydrogen-bond donors (Lipinski definition) is 1. The maximum Gasteiger partial charge on any atom is 0.255 e. The monoisotopic (exact) mass is 422 g/mol. The highest BCUT2D eigenvalue weighted by atomic mass is 127. The molecule has 1 aromatic carbocycles. The van der Waals surface area contributed by atoms with Crippen LogP contribution in [0, 0.1) is 3.57 Å². The van der Waals surface area contributed by atoms with Crippen molar-refractivity contribution >= 4 is 44.4 Å². The van der Waals surface area contributed by atoms with Crippen molar-refractivity contribution in [3.05, 3.63) is 31.8 Å². The average molecular weight is 423 g/mol. The van der Waals surface area contributed by atoms with E-state index in [1.54, 1.807) is 0 Å². The highest BCUT2D eigenvalue weighted by molar-refractivity contribution is 14.1. The number of carbonyl (C=O) groups excluding carboxylic acids is 1. The summed E-state index contributed by atoms with van der Waals surface area (Å²) in [5, 5.41) is 3.16. The second-order valence-corrected chi connectivity index (χ2v) is 6.58. The summed E-state index contributed by atoms with van der Waals surface area (Å²) >= 11 is 5.71. The SMILES string of the molecule is CNCC1CCCN1C(=O)c1cc(I)ccc1Br. The van der Waals surface area contributed by atoms with E-state index in [1.165, 1.54) is 0 Å². The molecule has 3 nitrogen and oxygen atoms in total. The van der Waals surface area contributed by atoms with E-state index in [9.17, 15) is 4.79 Å². The van der Waals surface area contributed by atoms with Crippen LogP contribution in [0.2, 0.25) is 0 Å². The number of nitrogens with zero attached hydrogens (tertiary/aromatic N) is 1. The average Bonchev–Trinajstić information content (AvgIpc) is 2.80. The molecule has 1 atom stereocenters. The van der Waals surface area contributed by atoms with Gasteiger partial charge in [0.1, 0.15) is 0 Å². The number of carbonyl (C=O) groups is 1. The zero-order valence-electron chi connectivity index (χ0n) is 10.2. The van der Waals surface area contributed by atoms with Gasteiger partial charge in [-0.1, -0.05) is 0 Å². The third-order valence-corrected chi connectivity index (χ3v) is 4.60. The van der Waals surface area contributed by atoms with Gasteiger partial charge in [0.25, 0.3) is 5.91 Å². The van der Waals surface area contributed by atoms with Crippen LogP contribution in [0.4, 0.5) is 0 Å². The summed E-state index contributed by atoms with van der Waals surface area (Å²) in [4.78, 5) is 14.6. The van der Waals surface area contributed by atoms with E-state index in [1.807, 2.05) is 30.1 Å². The van der Waals surface area contributed by atoms with Gasteiger partial charge >= 0.3 is 0 Å². The van der Waals surface area contributed by atoms with Gasteiger partial charge in [-0.15, -0.1) is 0 Å². The van der Waals surface area contributed by atoms with Gasteiger partial charge in [0.15, 0.2) is 0 Å². The van der Waals surface area contributed by atoms with Crippen molar-refractivity contribution < 1.29 is 4.79 Å². The van der Waals surface area contributed by atoms with E-state index in [4.69, 9.17) is 0 Å². The Hall–Kier alpha value is -0.140. The fourth-order valence-corrected chi connectivity index (χ4v) is 3.27. The van der Waals surface area contributed by atoms with Crippen LogP contribution in [0.5, 0.6) is 0 Å². The topological polar surface area (TPSA) is 32.3 Å². The van der Waals surface area contributed by atoms with Crippen molar-refractivity contribution in [3.8, 4) is 0 Å². The summed E-state index contributed by atoms with van der Waals surface area (Å²) in [5.41, 5.74) is 0.768. The minimum Gasteiger partial charge on any atom is -0.334 e. The van der Waals surface area contributed by atoms with E-state index in [0.29, 0.717) is 6.04 Å². The number of rotatable bonds is 3. The summed E-state index contributed by atoms with van der Waals surface area (Å²) in [7, 11) is 1.93. The molecule has 5 heteroatoms. The zero-order valence-corrected chi connectivity index (χ0v) is 14.0. The van der Waals surface area contributed by atoms with Crippen LogP contribution in [0.1, 0.15) is 23.2 Å². The van der Waals surface area contributed by atoms with Crippen LogP contribution in [-0.2, 0) is 0 Å². The largest absolute Gasteiger partial charge is 0.334 e. The first kappa shape index (κ1) is 14.3. The molecule has 0 spiro atoms. The van der Waals surface area contributed by atoms with Crippen LogP contribution in [-0.4, -0.2) is 37.0 Å². The fraction of sp³-hybridized carbons (Fsp3) is 0.462. The third kappa shape index (κ3) is 3.05. The Morgan fingerprint density at radius 1 is 1.61 bits per heavy atom. The van der Waals surface area contributed by atoms with E-state index >= 15 is 0 Å². The molecule has 0 radical (unpaired) electrons. The lowest BCUT2D eigenvalue weighted by atomic mass is 10.1. The molecule has 1 saturated heterocycles. The molecule has 2 rings (SSSR count). The van der Waals surface area contributed by atoms with E-state index in [2.05, 4.69) is 43.8 Å². The molecule has 1 amide bonds. The molecule has 0 aliphatic carbocycles. The van der Waals surface area contributed by atoms with Crippen LogP contribution < -0.4 is 5.32 Å². The van der Waals surface area contributed by atoms with Gasteiger partial charge in [-0.25, -0.2) is 0 Å². The minimum atomic E-state index is 0.137. The van der Waals surface area contributed by atoms with E-state index in [-0.39, 0.29) is 5.91 Å². The number of nitrogens with one attached hydrogen (secondary N) is 1. The number of hydrogen-bond acceptors (Lipinski definition) is 2. The maximum absolute atomic E-state index is 12.6. The van der Waals surface area contributed by atoms with Crippen LogP contribution >= 0.6 is 38.5 Å². The molecular weight excluding hydrogens is 407 g/mol. The van der Waals surface area contributed by atoms with E-state index in [0.717, 1.165) is 39.5 Å². The van der Waals surface area contributed by atoms with Crippen molar-refractivity contribution in [1.82, 2.24) is 10.2 Å². The summed E-state index contributed by atoms with van der Waals surface area (Å²) in [5.74, 6) is 0.137. The summed E-state index contributed by atoms with van der Waals surface area (Å²) in [6, 6.07) is 6.21. The second kappa shape index (κ2) is 6.34. The first-order chi connectivity index (χ1) is 8.63. The Labute approximate surface area is 130 Å². The number of amides is 1. The molecule has 1 aliphatic heterocycles. The van der Waals surface area contributed by atoms with Gasteiger partial charge in [0.2, 0.25) is 0 Å². The summed E-state index contributed by atoms with van der Waals surface area (Å²) < 4.78 is 1.96. The van der Waals surface area contributed by atoms with Gasteiger partial charge in [-0.05, 0) is 76.6 Å². The number of likely N-dealkylation sites (tertiary alicyclic amines) is 1. The molecule has 0 aromatic heterocycles. The molecule has 1 aromatic rings. The van der Waals surface area contributed by atoms with Crippen molar-refractivity contribution in [2.45, 2.75) is 18.9 Å². The third-order valence-electron chi connectivity index (χ3n) is 3.24.